The van der Waals surface area contributed by atoms with E-state index in [0.717, 1.165) is 40.5 Å². The number of thiazole rings is 1. The maximum atomic E-state index is 8.82. The lowest BCUT2D eigenvalue weighted by atomic mass is 10.1. The molecule has 0 saturated heterocycles. The molecule has 4 aromatic rings. The van der Waals surface area contributed by atoms with Crippen LogP contribution in [0.1, 0.15) is 36.8 Å². The van der Waals surface area contributed by atoms with Crippen molar-refractivity contribution < 1.29 is 14.7 Å². The summed E-state index contributed by atoms with van der Waals surface area (Å²) in [6, 6.07) is 14.8. The van der Waals surface area contributed by atoms with Crippen molar-refractivity contribution in [3.05, 3.63) is 71.8 Å². The van der Waals surface area contributed by atoms with E-state index in [1.807, 2.05) is 31.2 Å². The van der Waals surface area contributed by atoms with Crippen LogP contribution in [0, 0.1) is 6.92 Å². The minimum absolute atomic E-state index is 0.0488. The number of aromatic nitrogens is 4. The van der Waals surface area contributed by atoms with Gasteiger partial charge in [-0.3, -0.25) is 0 Å². The van der Waals surface area contributed by atoms with E-state index < -0.39 is 6.29 Å². The van der Waals surface area contributed by atoms with E-state index in [1.54, 1.807) is 46.6 Å². The van der Waals surface area contributed by atoms with Gasteiger partial charge in [0.2, 0.25) is 6.29 Å². The molecule has 2 heterocycles. The first kappa shape index (κ1) is 23.2. The second-order valence-electron chi connectivity index (χ2n) is 7.57. The van der Waals surface area contributed by atoms with Gasteiger partial charge in [0.05, 0.1) is 5.01 Å². The molecule has 0 radical (unpaired) electrons. The van der Waals surface area contributed by atoms with E-state index in [-0.39, 0.29) is 5.84 Å². The number of benzene rings is 2. The van der Waals surface area contributed by atoms with E-state index >= 15 is 0 Å². The highest BCUT2D eigenvalue weighted by Gasteiger charge is 2.16. The normalized spacial score (nSPS) is 12.5. The Labute approximate surface area is 201 Å². The van der Waals surface area contributed by atoms with E-state index in [2.05, 4.69) is 27.1 Å². The number of hydrogen-bond acceptors (Lipinski definition) is 8. The van der Waals surface area contributed by atoms with Gasteiger partial charge in [0.1, 0.15) is 34.8 Å². The fourth-order valence-electron chi connectivity index (χ4n) is 3.34. The van der Waals surface area contributed by atoms with Crippen molar-refractivity contribution in [3.63, 3.8) is 0 Å². The summed E-state index contributed by atoms with van der Waals surface area (Å²) >= 11 is 1.57. The molecule has 0 spiro atoms. The van der Waals surface area contributed by atoms with Crippen molar-refractivity contribution in [2.24, 2.45) is 10.9 Å². The van der Waals surface area contributed by atoms with Crippen molar-refractivity contribution in [2.75, 3.05) is 0 Å². The first-order valence-corrected chi connectivity index (χ1v) is 11.7. The predicted molar refractivity (Wildman–Crippen MR) is 131 cm³/mol. The third-order valence-corrected chi connectivity index (χ3v) is 6.02. The molecule has 2 aromatic carbocycles. The summed E-state index contributed by atoms with van der Waals surface area (Å²) in [4.78, 5) is 8.72. The lowest BCUT2D eigenvalue weighted by Crippen LogP contribution is -2.24. The van der Waals surface area contributed by atoms with Crippen molar-refractivity contribution in [1.29, 1.82) is 0 Å². The molecule has 0 bridgehead atoms. The van der Waals surface area contributed by atoms with Crippen LogP contribution < -0.4 is 15.2 Å². The lowest BCUT2D eigenvalue weighted by Gasteiger charge is -2.21. The van der Waals surface area contributed by atoms with Crippen LogP contribution in [0.4, 0.5) is 0 Å². The molecule has 2 aromatic heterocycles. The minimum Gasteiger partial charge on any atom is -0.455 e. The molecule has 34 heavy (non-hydrogen) atoms. The summed E-state index contributed by atoms with van der Waals surface area (Å²) in [6.45, 7) is 4.10. The highest BCUT2D eigenvalue weighted by molar-refractivity contribution is 7.14. The number of nitrogens with two attached hydrogens (primary N) is 1. The Balaban J connectivity index is 1.49. The number of amidine groups is 1. The maximum absolute atomic E-state index is 8.82. The number of aryl methyl sites for hydroxylation is 1. The zero-order valence-corrected chi connectivity index (χ0v) is 19.8. The molecule has 0 amide bonds. The van der Waals surface area contributed by atoms with Gasteiger partial charge in [0.25, 0.3) is 0 Å². The molecule has 176 valence electrons. The molecule has 10 heteroatoms. The van der Waals surface area contributed by atoms with Gasteiger partial charge in [-0.2, -0.15) is 5.10 Å². The average Bonchev–Trinajstić information content (AvgIpc) is 3.53. The molecule has 1 atom stereocenters. The molecule has 4 rings (SSSR count). The largest absolute Gasteiger partial charge is 0.455 e. The fraction of sp³-hybridized carbons (Fsp3) is 0.250. The third-order valence-electron chi connectivity index (χ3n) is 5.06. The van der Waals surface area contributed by atoms with Gasteiger partial charge in [0, 0.05) is 17.5 Å². The van der Waals surface area contributed by atoms with E-state index in [9.17, 15) is 0 Å². The monoisotopic (exact) mass is 478 g/mol. The van der Waals surface area contributed by atoms with Gasteiger partial charge in [-0.25, -0.2) is 14.6 Å². The lowest BCUT2D eigenvalue weighted by molar-refractivity contribution is -0.00211. The van der Waals surface area contributed by atoms with Crippen LogP contribution in [0.3, 0.4) is 0 Å². The van der Waals surface area contributed by atoms with E-state index in [0.29, 0.717) is 17.1 Å². The molecular weight excluding hydrogens is 452 g/mol. The van der Waals surface area contributed by atoms with Crippen LogP contribution >= 0.6 is 11.3 Å². The Hall–Kier alpha value is -3.92. The van der Waals surface area contributed by atoms with Crippen LogP contribution in [0.25, 0.3) is 16.3 Å². The second kappa shape index (κ2) is 10.8. The molecule has 1 unspecified atom stereocenters. The van der Waals surface area contributed by atoms with Crippen molar-refractivity contribution in [3.8, 4) is 27.8 Å². The van der Waals surface area contributed by atoms with E-state index in [1.165, 1.54) is 6.33 Å². The first-order valence-electron chi connectivity index (χ1n) is 10.9. The number of nitrogens with zero attached hydrogens (tertiary/aromatic N) is 5. The number of rotatable bonds is 10. The first-order chi connectivity index (χ1) is 16.6. The second-order valence-corrected chi connectivity index (χ2v) is 8.75. The number of ether oxygens (including phenoxy) is 2. The summed E-state index contributed by atoms with van der Waals surface area (Å²) < 4.78 is 14.0. The molecule has 3 N–H and O–H groups in total. The number of unbranched alkanes of at least 4 members (excludes halogenated alkanes) is 1. The smallest absolute Gasteiger partial charge is 0.241 e. The Bertz CT molecular complexity index is 1220. The van der Waals surface area contributed by atoms with Gasteiger partial charge in [-0.15, -0.1) is 0 Å². The van der Waals surface area contributed by atoms with Crippen molar-refractivity contribution in [2.45, 2.75) is 39.4 Å². The molecule has 9 nitrogen and oxygen atoms in total. The van der Waals surface area contributed by atoms with Crippen molar-refractivity contribution >= 4 is 17.2 Å². The quantitative estimate of drug-likeness (QED) is 0.111. The molecule has 0 aliphatic rings. The standard InChI is InChI=1S/C24H26N6O3S/c1-3-4-5-21(33-20-12-8-18(9-13-20)23(25)29-31)32-19-10-6-17(7-11-19)22-24(34-16(2)28-22)30-15-26-14-27-30/h6-15,21,31H,3-5H2,1-2H3,(H2,25,29). The van der Waals surface area contributed by atoms with Gasteiger partial charge in [-0.05, 0) is 61.9 Å². The van der Waals surface area contributed by atoms with Crippen LogP contribution in [0.5, 0.6) is 11.5 Å². The highest BCUT2D eigenvalue weighted by atomic mass is 32.1. The van der Waals surface area contributed by atoms with Crippen LogP contribution in [0.15, 0.2) is 66.3 Å². The maximum Gasteiger partial charge on any atom is 0.241 e. The summed E-state index contributed by atoms with van der Waals surface area (Å²) in [5.74, 6) is 1.39. The van der Waals surface area contributed by atoms with Gasteiger partial charge >= 0.3 is 0 Å². The Morgan fingerprint density at radius 3 is 2.38 bits per heavy atom. The van der Waals surface area contributed by atoms with Crippen LogP contribution in [0.2, 0.25) is 0 Å². The molecule has 0 saturated carbocycles. The summed E-state index contributed by atoms with van der Waals surface area (Å²) in [6.07, 6.45) is 5.45. The topological polar surface area (TPSA) is 121 Å². The number of oxime groups is 1. The van der Waals surface area contributed by atoms with Crippen LogP contribution in [-0.4, -0.2) is 37.1 Å². The molecule has 0 aliphatic heterocycles. The Kier molecular flexibility index (Phi) is 7.38. The fourth-order valence-corrected chi connectivity index (χ4v) is 4.21. The SMILES string of the molecule is CCCCC(Oc1ccc(C(N)=NO)cc1)Oc1ccc(-c2nc(C)sc2-n2cncn2)cc1. The highest BCUT2D eigenvalue weighted by Crippen LogP contribution is 2.32. The Morgan fingerprint density at radius 2 is 1.79 bits per heavy atom. The molecule has 0 fully saturated rings. The average molecular weight is 479 g/mol. The summed E-state index contributed by atoms with van der Waals surface area (Å²) in [5, 5.41) is 17.9. The van der Waals surface area contributed by atoms with Gasteiger partial charge in [0.15, 0.2) is 5.84 Å². The van der Waals surface area contributed by atoms with Gasteiger partial charge < -0.3 is 20.4 Å². The molecular formula is C24H26N6O3S. The minimum atomic E-state index is -0.451. The summed E-state index contributed by atoms with van der Waals surface area (Å²) in [5.41, 5.74) is 8.05. The Morgan fingerprint density at radius 1 is 1.12 bits per heavy atom. The zero-order chi connectivity index (χ0) is 23.9. The van der Waals surface area contributed by atoms with Crippen LogP contribution in [-0.2, 0) is 0 Å². The third kappa shape index (κ3) is 5.52. The molecule has 0 aliphatic carbocycles. The van der Waals surface area contributed by atoms with E-state index in [4.69, 9.17) is 20.4 Å². The number of hydrogen-bond donors (Lipinski definition) is 2. The summed E-state index contributed by atoms with van der Waals surface area (Å²) in [7, 11) is 0. The van der Waals surface area contributed by atoms with Crippen molar-refractivity contribution in [1.82, 2.24) is 19.7 Å². The zero-order valence-electron chi connectivity index (χ0n) is 19.0. The predicted octanol–water partition coefficient (Wildman–Crippen LogP) is 4.77. The van der Waals surface area contributed by atoms with Gasteiger partial charge in [-0.1, -0.05) is 29.8 Å².